The molecule has 0 aliphatic carbocycles. The number of carbonyl (C=O) groups is 1. The van der Waals surface area contributed by atoms with E-state index in [0.29, 0.717) is 28.8 Å². The third-order valence-electron chi connectivity index (χ3n) is 3.69. The zero-order chi connectivity index (χ0) is 15.7. The summed E-state index contributed by atoms with van der Waals surface area (Å²) in [5.74, 6) is -1.04. The number of amides is 1. The number of hydrazone groups is 1. The number of rotatable bonds is 2. The first-order valence-electron chi connectivity index (χ1n) is 6.97. The summed E-state index contributed by atoms with van der Waals surface area (Å²) < 4.78 is 28.3. The van der Waals surface area contributed by atoms with Crippen molar-refractivity contribution in [3.05, 3.63) is 59.2 Å². The molecule has 0 unspecified atom stereocenters. The van der Waals surface area contributed by atoms with Crippen molar-refractivity contribution in [2.75, 3.05) is 0 Å². The number of hydrogen-bond acceptors (Lipinski definition) is 2. The molecule has 3 nitrogen and oxygen atoms in total. The van der Waals surface area contributed by atoms with Gasteiger partial charge in [-0.3, -0.25) is 4.79 Å². The number of carbonyl (C=O) groups excluding carboxylic acids is 1. The van der Waals surface area contributed by atoms with Gasteiger partial charge >= 0.3 is 0 Å². The second kappa shape index (κ2) is 5.67. The highest BCUT2D eigenvalue weighted by Crippen LogP contribution is 2.29. The van der Waals surface area contributed by atoms with Gasteiger partial charge in [0, 0.05) is 24.0 Å². The standard InChI is InChI=1S/C17H14F2N2O/c1-10-8-13(16-6-7-17(22)21-20-16)15(19)9-12(10)11-4-2-3-5-14(11)18/h2-5,8-9H,6-7H2,1H3,(H,21,22). The van der Waals surface area contributed by atoms with Crippen molar-refractivity contribution in [2.45, 2.75) is 19.8 Å². The molecule has 1 amide bonds. The molecular formula is C17H14F2N2O. The fourth-order valence-electron chi connectivity index (χ4n) is 2.54. The average molecular weight is 300 g/mol. The van der Waals surface area contributed by atoms with Gasteiger partial charge in [-0.15, -0.1) is 0 Å². The lowest BCUT2D eigenvalue weighted by molar-refractivity contribution is -0.121. The van der Waals surface area contributed by atoms with Crippen molar-refractivity contribution < 1.29 is 13.6 Å². The molecule has 1 N–H and O–H groups in total. The van der Waals surface area contributed by atoms with Crippen LogP contribution in [0.25, 0.3) is 11.1 Å². The van der Waals surface area contributed by atoms with Crippen LogP contribution < -0.4 is 5.43 Å². The highest BCUT2D eigenvalue weighted by atomic mass is 19.1. The molecule has 0 bridgehead atoms. The minimum atomic E-state index is -0.473. The number of nitrogens with one attached hydrogen (secondary N) is 1. The Balaban J connectivity index is 2.06. The Morgan fingerprint density at radius 1 is 1.00 bits per heavy atom. The fraction of sp³-hybridized carbons (Fsp3) is 0.176. The van der Waals surface area contributed by atoms with Crippen LogP contribution in [0.5, 0.6) is 0 Å². The van der Waals surface area contributed by atoms with E-state index < -0.39 is 5.82 Å². The summed E-state index contributed by atoms with van der Waals surface area (Å²) in [6, 6.07) is 9.24. The van der Waals surface area contributed by atoms with Crippen LogP contribution in [-0.2, 0) is 4.79 Å². The highest BCUT2D eigenvalue weighted by Gasteiger charge is 2.19. The molecule has 5 heteroatoms. The Hall–Kier alpha value is -2.56. The molecule has 1 aliphatic rings. The van der Waals surface area contributed by atoms with Crippen LogP contribution in [0.15, 0.2) is 41.5 Å². The van der Waals surface area contributed by atoms with Crippen molar-refractivity contribution in [1.82, 2.24) is 5.43 Å². The maximum Gasteiger partial charge on any atom is 0.240 e. The Labute approximate surface area is 126 Å². The highest BCUT2D eigenvalue weighted by molar-refractivity contribution is 6.04. The Bertz CT molecular complexity index is 784. The smallest absolute Gasteiger partial charge is 0.240 e. The Morgan fingerprint density at radius 2 is 1.77 bits per heavy atom. The van der Waals surface area contributed by atoms with Crippen LogP contribution in [0.1, 0.15) is 24.0 Å². The fourth-order valence-corrected chi connectivity index (χ4v) is 2.54. The Morgan fingerprint density at radius 3 is 2.45 bits per heavy atom. The number of halogens is 2. The predicted molar refractivity (Wildman–Crippen MR) is 80.4 cm³/mol. The van der Waals surface area contributed by atoms with Gasteiger partial charge in [0.05, 0.1) is 5.71 Å². The molecule has 0 saturated carbocycles. The molecule has 112 valence electrons. The van der Waals surface area contributed by atoms with E-state index in [-0.39, 0.29) is 18.1 Å². The number of aryl methyl sites for hydroxylation is 1. The van der Waals surface area contributed by atoms with E-state index in [2.05, 4.69) is 10.5 Å². The lowest BCUT2D eigenvalue weighted by atomic mass is 9.94. The molecule has 22 heavy (non-hydrogen) atoms. The van der Waals surface area contributed by atoms with Gasteiger partial charge in [-0.1, -0.05) is 18.2 Å². The summed E-state index contributed by atoms with van der Waals surface area (Å²) in [5, 5.41) is 3.91. The van der Waals surface area contributed by atoms with Gasteiger partial charge in [0.2, 0.25) is 5.91 Å². The number of hydrogen-bond donors (Lipinski definition) is 1. The van der Waals surface area contributed by atoms with Gasteiger partial charge < -0.3 is 0 Å². The molecule has 1 aliphatic heterocycles. The maximum absolute atomic E-state index is 14.4. The summed E-state index contributed by atoms with van der Waals surface area (Å²) in [6.45, 7) is 1.80. The van der Waals surface area contributed by atoms with Gasteiger partial charge in [0.1, 0.15) is 11.6 Å². The van der Waals surface area contributed by atoms with E-state index in [1.807, 2.05) is 0 Å². The third-order valence-corrected chi connectivity index (χ3v) is 3.69. The number of nitrogens with zero attached hydrogens (tertiary/aromatic N) is 1. The van der Waals surface area contributed by atoms with E-state index in [1.165, 1.54) is 12.1 Å². The molecule has 0 radical (unpaired) electrons. The topological polar surface area (TPSA) is 41.5 Å². The molecule has 0 saturated heterocycles. The molecule has 2 aromatic carbocycles. The molecule has 0 atom stereocenters. The van der Waals surface area contributed by atoms with Crippen molar-refractivity contribution in [2.24, 2.45) is 5.10 Å². The Kier molecular flexibility index (Phi) is 3.71. The molecular weight excluding hydrogens is 286 g/mol. The van der Waals surface area contributed by atoms with Gasteiger partial charge in [-0.2, -0.15) is 5.10 Å². The average Bonchev–Trinajstić information content (AvgIpc) is 2.51. The van der Waals surface area contributed by atoms with E-state index in [1.54, 1.807) is 31.2 Å². The van der Waals surface area contributed by atoms with Gasteiger partial charge in [0.25, 0.3) is 0 Å². The van der Waals surface area contributed by atoms with Gasteiger partial charge in [0.15, 0.2) is 0 Å². The van der Waals surface area contributed by atoms with E-state index in [4.69, 9.17) is 0 Å². The first-order chi connectivity index (χ1) is 10.6. The van der Waals surface area contributed by atoms with Crippen LogP contribution >= 0.6 is 0 Å². The monoisotopic (exact) mass is 300 g/mol. The first-order valence-corrected chi connectivity index (χ1v) is 6.97. The number of benzene rings is 2. The largest absolute Gasteiger partial charge is 0.273 e. The van der Waals surface area contributed by atoms with Crippen LogP contribution in [0, 0.1) is 18.6 Å². The normalized spacial score (nSPS) is 14.5. The summed E-state index contributed by atoms with van der Waals surface area (Å²) in [4.78, 5) is 11.1. The van der Waals surface area contributed by atoms with Crippen LogP contribution in [0.2, 0.25) is 0 Å². The summed E-state index contributed by atoms with van der Waals surface area (Å²) in [5.41, 5.74) is 4.83. The van der Waals surface area contributed by atoms with Crippen LogP contribution in [0.4, 0.5) is 8.78 Å². The molecule has 1 heterocycles. The zero-order valence-corrected chi connectivity index (χ0v) is 12.0. The zero-order valence-electron chi connectivity index (χ0n) is 12.0. The maximum atomic E-state index is 14.4. The molecule has 0 aromatic heterocycles. The molecule has 2 aromatic rings. The summed E-state index contributed by atoms with van der Waals surface area (Å²) in [7, 11) is 0. The summed E-state index contributed by atoms with van der Waals surface area (Å²) >= 11 is 0. The second-order valence-corrected chi connectivity index (χ2v) is 5.22. The molecule has 0 spiro atoms. The quantitative estimate of drug-likeness (QED) is 0.905. The lowest BCUT2D eigenvalue weighted by Gasteiger charge is -2.15. The third kappa shape index (κ3) is 2.62. The minimum Gasteiger partial charge on any atom is -0.273 e. The minimum absolute atomic E-state index is 0.177. The van der Waals surface area contributed by atoms with E-state index >= 15 is 0 Å². The van der Waals surface area contributed by atoms with Crippen molar-refractivity contribution in [3.63, 3.8) is 0 Å². The van der Waals surface area contributed by atoms with Crippen LogP contribution in [0.3, 0.4) is 0 Å². The van der Waals surface area contributed by atoms with Gasteiger partial charge in [-0.25, -0.2) is 14.2 Å². The molecule has 0 fully saturated rings. The first kappa shape index (κ1) is 14.4. The summed E-state index contributed by atoms with van der Waals surface area (Å²) in [6.07, 6.45) is 0.674. The second-order valence-electron chi connectivity index (χ2n) is 5.22. The lowest BCUT2D eigenvalue weighted by Crippen LogP contribution is -2.26. The van der Waals surface area contributed by atoms with Crippen LogP contribution in [-0.4, -0.2) is 11.6 Å². The van der Waals surface area contributed by atoms with Crippen molar-refractivity contribution in [3.8, 4) is 11.1 Å². The van der Waals surface area contributed by atoms with Crippen molar-refractivity contribution in [1.29, 1.82) is 0 Å². The predicted octanol–water partition coefficient (Wildman–Crippen LogP) is 3.55. The van der Waals surface area contributed by atoms with E-state index in [9.17, 15) is 13.6 Å². The molecule has 3 rings (SSSR count). The van der Waals surface area contributed by atoms with E-state index in [0.717, 1.165) is 5.56 Å². The SMILES string of the molecule is Cc1cc(C2=NNC(=O)CC2)c(F)cc1-c1ccccc1F. The van der Waals surface area contributed by atoms with Crippen molar-refractivity contribution >= 4 is 11.6 Å². The van der Waals surface area contributed by atoms with Gasteiger partial charge in [-0.05, 0) is 36.2 Å².